The normalized spacial score (nSPS) is 28.1. The zero-order valence-electron chi connectivity index (χ0n) is 16.8. The Balaban J connectivity index is 1.75. The van der Waals surface area contributed by atoms with Crippen molar-refractivity contribution in [2.45, 2.75) is 65.4 Å². The summed E-state index contributed by atoms with van der Waals surface area (Å²) in [5.74, 6) is 0.552. The van der Waals surface area contributed by atoms with Crippen LogP contribution in [-0.2, 0) is 20.8 Å². The van der Waals surface area contributed by atoms with E-state index < -0.39 is 0 Å². The third kappa shape index (κ3) is 4.52. The minimum Gasteiger partial charge on any atom is -0.376 e. The summed E-state index contributed by atoms with van der Waals surface area (Å²) in [5.41, 5.74) is 2.49. The Hall–Kier alpha value is -1.88. The number of hydrogen-bond donors (Lipinski definition) is 2. The van der Waals surface area contributed by atoms with E-state index in [0.717, 1.165) is 43.8 Å². The van der Waals surface area contributed by atoms with Gasteiger partial charge in [-0.15, -0.1) is 0 Å². The van der Waals surface area contributed by atoms with Crippen molar-refractivity contribution in [3.63, 3.8) is 0 Å². The van der Waals surface area contributed by atoms with Gasteiger partial charge in [0.2, 0.25) is 0 Å². The van der Waals surface area contributed by atoms with Gasteiger partial charge in [-0.1, -0.05) is 0 Å². The van der Waals surface area contributed by atoms with Crippen LogP contribution in [0.2, 0.25) is 0 Å². The van der Waals surface area contributed by atoms with Gasteiger partial charge in [0, 0.05) is 12.3 Å². The van der Waals surface area contributed by atoms with Crippen LogP contribution >= 0.6 is 0 Å². The van der Waals surface area contributed by atoms with E-state index in [1.165, 1.54) is 4.90 Å². The molecule has 3 rings (SSSR count). The Morgan fingerprint density at radius 1 is 1.33 bits per heavy atom. The first kappa shape index (κ1) is 19.9. The number of carbonyl (C=O) groups is 1. The zero-order chi connectivity index (χ0) is 19.6. The predicted molar refractivity (Wildman–Crippen MR) is 102 cm³/mol. The average molecular weight is 375 g/mol. The molecule has 4 atom stereocenters. The van der Waals surface area contributed by atoms with E-state index >= 15 is 0 Å². The number of nitrogens with one attached hydrogen (secondary N) is 2. The summed E-state index contributed by atoms with van der Waals surface area (Å²) in [4.78, 5) is 14.0. The van der Waals surface area contributed by atoms with Gasteiger partial charge < -0.3 is 24.3 Å². The maximum absolute atomic E-state index is 12.7. The molecule has 3 heterocycles. The van der Waals surface area contributed by atoms with Gasteiger partial charge in [0.05, 0.1) is 18.2 Å². The maximum Gasteiger partial charge on any atom is 0.280 e. The van der Waals surface area contributed by atoms with Crippen molar-refractivity contribution in [1.82, 2.24) is 4.57 Å². The van der Waals surface area contributed by atoms with E-state index in [-0.39, 0.29) is 24.2 Å². The molecule has 0 radical (unpaired) electrons. The van der Waals surface area contributed by atoms with Crippen LogP contribution in [0, 0.1) is 25.2 Å². The number of nitriles is 1. The molecule has 2 N–H and O–H groups in total. The van der Waals surface area contributed by atoms with E-state index in [4.69, 9.17) is 9.47 Å². The minimum atomic E-state index is -0.0612. The number of hydrogen-bond acceptors (Lipinski definition) is 4. The van der Waals surface area contributed by atoms with Gasteiger partial charge in [-0.25, -0.2) is 0 Å². The molecule has 2 aliphatic rings. The predicted octanol–water partition coefficient (Wildman–Crippen LogP) is 0.786. The molecule has 27 heavy (non-hydrogen) atoms. The number of nitrogens with zero attached hydrogens (tertiary/aromatic N) is 2. The maximum atomic E-state index is 12.7. The number of amides is 1. The molecule has 0 bridgehead atoms. The van der Waals surface area contributed by atoms with Crippen LogP contribution in [0.1, 0.15) is 43.5 Å². The quantitative estimate of drug-likeness (QED) is 0.797. The molecular weight excluding hydrogens is 344 g/mol. The summed E-state index contributed by atoms with van der Waals surface area (Å²) >= 11 is 0. The SMILES string of the molecule is Cc1c(C#N)c(NC(=O)C[NH+]2C[C@@H](C)O[C@@H](C)C2)n(C[C@@H]2CCCO2)c1C. The minimum absolute atomic E-state index is 0.0612. The summed E-state index contributed by atoms with van der Waals surface area (Å²) < 4.78 is 13.6. The van der Waals surface area contributed by atoms with Crippen molar-refractivity contribution < 1.29 is 19.2 Å². The largest absolute Gasteiger partial charge is 0.376 e. The summed E-state index contributed by atoms with van der Waals surface area (Å²) in [6, 6.07) is 2.27. The highest BCUT2D eigenvalue weighted by Crippen LogP contribution is 2.28. The van der Waals surface area contributed by atoms with E-state index in [1.807, 2.05) is 32.3 Å². The molecule has 2 aliphatic heterocycles. The second kappa shape index (κ2) is 8.42. The number of rotatable bonds is 5. The third-order valence-corrected chi connectivity index (χ3v) is 5.64. The van der Waals surface area contributed by atoms with Crippen LogP contribution in [0.15, 0.2) is 0 Å². The number of quaternary nitrogens is 1. The first-order valence-corrected chi connectivity index (χ1v) is 9.89. The number of carbonyl (C=O) groups excluding carboxylic acids is 1. The van der Waals surface area contributed by atoms with Gasteiger partial charge >= 0.3 is 0 Å². The fraction of sp³-hybridized carbons (Fsp3) is 0.700. The molecule has 1 aromatic rings. The summed E-state index contributed by atoms with van der Waals surface area (Å²) in [5, 5.41) is 12.7. The smallest absolute Gasteiger partial charge is 0.280 e. The van der Waals surface area contributed by atoms with Gasteiger partial charge in [-0.2, -0.15) is 5.26 Å². The molecule has 7 nitrogen and oxygen atoms in total. The molecule has 0 aromatic carbocycles. The van der Waals surface area contributed by atoms with E-state index in [9.17, 15) is 10.1 Å². The molecular formula is C20H31N4O3+. The molecule has 0 aliphatic carbocycles. The Kier molecular flexibility index (Phi) is 6.20. The zero-order valence-corrected chi connectivity index (χ0v) is 16.8. The first-order chi connectivity index (χ1) is 12.9. The van der Waals surface area contributed by atoms with Gasteiger partial charge in [0.15, 0.2) is 6.54 Å². The van der Waals surface area contributed by atoms with Crippen molar-refractivity contribution in [1.29, 1.82) is 5.26 Å². The summed E-state index contributed by atoms with van der Waals surface area (Å²) in [7, 11) is 0. The van der Waals surface area contributed by atoms with Crippen LogP contribution in [0.3, 0.4) is 0 Å². The molecule has 148 valence electrons. The molecule has 0 spiro atoms. The molecule has 2 saturated heterocycles. The lowest BCUT2D eigenvalue weighted by Gasteiger charge is -2.32. The van der Waals surface area contributed by atoms with Crippen molar-refractivity contribution >= 4 is 11.7 Å². The Morgan fingerprint density at radius 3 is 2.63 bits per heavy atom. The third-order valence-electron chi connectivity index (χ3n) is 5.64. The van der Waals surface area contributed by atoms with E-state index in [1.54, 1.807) is 0 Å². The highest BCUT2D eigenvalue weighted by Gasteiger charge is 2.29. The standard InChI is InChI=1S/C20H30N4O3/c1-13-9-23(10-14(2)27-13)12-19(25)22-20-18(8-21)15(3)16(4)24(20)11-17-6-5-7-26-17/h13-14,17H,5-7,9-12H2,1-4H3,(H,22,25)/p+1/t13-,14+,17-/m0/s1. The molecule has 1 unspecified atom stereocenters. The summed E-state index contributed by atoms with van der Waals surface area (Å²) in [6.07, 6.45) is 2.52. The van der Waals surface area contributed by atoms with E-state index in [2.05, 4.69) is 11.4 Å². The second-order valence-electron chi connectivity index (χ2n) is 7.93. The van der Waals surface area contributed by atoms with Crippen LogP contribution in [0.5, 0.6) is 0 Å². The van der Waals surface area contributed by atoms with Crippen molar-refractivity contribution in [2.24, 2.45) is 0 Å². The van der Waals surface area contributed by atoms with Crippen LogP contribution < -0.4 is 10.2 Å². The number of ether oxygens (including phenoxy) is 2. The average Bonchev–Trinajstić information content (AvgIpc) is 3.17. The van der Waals surface area contributed by atoms with E-state index in [0.29, 0.717) is 24.5 Å². The summed E-state index contributed by atoms with van der Waals surface area (Å²) in [6.45, 7) is 11.5. The topological polar surface area (TPSA) is 80.7 Å². The molecule has 0 saturated carbocycles. The van der Waals surface area contributed by atoms with Crippen molar-refractivity contribution in [3.05, 3.63) is 16.8 Å². The lowest BCUT2D eigenvalue weighted by Crippen LogP contribution is -3.16. The Labute approximate surface area is 161 Å². The van der Waals surface area contributed by atoms with Crippen LogP contribution in [-0.4, -0.2) is 55.0 Å². The highest BCUT2D eigenvalue weighted by atomic mass is 16.5. The fourth-order valence-electron chi connectivity index (χ4n) is 4.29. The Morgan fingerprint density at radius 2 is 2.04 bits per heavy atom. The monoisotopic (exact) mass is 375 g/mol. The van der Waals surface area contributed by atoms with Gasteiger partial charge in [-0.3, -0.25) is 4.79 Å². The first-order valence-electron chi connectivity index (χ1n) is 9.89. The van der Waals surface area contributed by atoms with Crippen molar-refractivity contribution in [3.8, 4) is 6.07 Å². The number of morpholine rings is 1. The van der Waals surface area contributed by atoms with Gasteiger partial charge in [0.1, 0.15) is 37.2 Å². The fourth-order valence-corrected chi connectivity index (χ4v) is 4.29. The number of aromatic nitrogens is 1. The van der Waals surface area contributed by atoms with Crippen LogP contribution in [0.4, 0.5) is 5.82 Å². The number of anilines is 1. The molecule has 7 heteroatoms. The molecule has 1 aromatic heterocycles. The van der Waals surface area contributed by atoms with Crippen molar-refractivity contribution in [2.75, 3.05) is 31.6 Å². The lowest BCUT2D eigenvalue weighted by atomic mass is 10.2. The highest BCUT2D eigenvalue weighted by molar-refractivity contribution is 5.92. The second-order valence-corrected chi connectivity index (χ2v) is 7.93. The van der Waals surface area contributed by atoms with Gasteiger partial charge in [0.25, 0.3) is 5.91 Å². The van der Waals surface area contributed by atoms with Crippen LogP contribution in [0.25, 0.3) is 0 Å². The molecule has 1 amide bonds. The van der Waals surface area contributed by atoms with Gasteiger partial charge in [-0.05, 0) is 46.1 Å². The lowest BCUT2D eigenvalue weighted by molar-refractivity contribution is -0.907. The molecule has 2 fully saturated rings. The Bertz CT molecular complexity index is 721.